The fourth-order valence-corrected chi connectivity index (χ4v) is 1.41. The number of benzene rings is 1. The van der Waals surface area contributed by atoms with E-state index >= 15 is 0 Å². The highest BCUT2D eigenvalue weighted by atomic mass is 79.9. The molecule has 0 aromatic heterocycles. The highest BCUT2D eigenvalue weighted by Gasteiger charge is 1.89. The van der Waals surface area contributed by atoms with Crippen molar-refractivity contribution in [3.05, 3.63) is 35.9 Å². The highest BCUT2D eigenvalue weighted by molar-refractivity contribution is 9.09. The lowest BCUT2D eigenvalue weighted by molar-refractivity contribution is 0.806. The molecule has 59 valence electrons. The minimum atomic E-state index is 1.12. The molecule has 1 aromatic rings. The fourth-order valence-electron chi connectivity index (χ4n) is 1.01. The molecule has 0 saturated carbocycles. The third kappa shape index (κ3) is 3.57. The molecule has 0 amide bonds. The normalized spacial score (nSPS) is 9.91. The van der Waals surface area contributed by atoms with Crippen LogP contribution in [-0.2, 0) is 6.42 Å². The van der Waals surface area contributed by atoms with Gasteiger partial charge >= 0.3 is 0 Å². The Hall–Kier alpha value is -0.300. The first-order chi connectivity index (χ1) is 5.43. The SMILES string of the molecule is BrCCCCc1cc[c]cc1. The molecule has 1 aromatic carbocycles. The first kappa shape index (κ1) is 8.79. The van der Waals surface area contributed by atoms with Crippen LogP contribution < -0.4 is 0 Å². The average Bonchev–Trinajstić information content (AvgIpc) is 2.07. The van der Waals surface area contributed by atoms with Crippen molar-refractivity contribution in [2.75, 3.05) is 5.33 Å². The average molecular weight is 212 g/mol. The molecule has 1 heteroatoms. The molecule has 0 nitrogen and oxygen atoms in total. The van der Waals surface area contributed by atoms with Crippen molar-refractivity contribution in [1.82, 2.24) is 0 Å². The van der Waals surface area contributed by atoms with Crippen LogP contribution in [0.5, 0.6) is 0 Å². The summed E-state index contributed by atoms with van der Waals surface area (Å²) in [5.41, 5.74) is 1.42. The van der Waals surface area contributed by atoms with Gasteiger partial charge in [0.1, 0.15) is 0 Å². The molecular weight excluding hydrogens is 200 g/mol. The summed E-state index contributed by atoms with van der Waals surface area (Å²) < 4.78 is 0. The summed E-state index contributed by atoms with van der Waals surface area (Å²) >= 11 is 3.42. The van der Waals surface area contributed by atoms with E-state index in [0.717, 1.165) is 5.33 Å². The zero-order chi connectivity index (χ0) is 7.94. The Bertz CT molecular complexity index is 181. The maximum Gasteiger partial charge on any atom is 0.00314 e. The van der Waals surface area contributed by atoms with Crippen molar-refractivity contribution in [2.45, 2.75) is 19.3 Å². The van der Waals surface area contributed by atoms with Crippen LogP contribution in [0.4, 0.5) is 0 Å². The van der Waals surface area contributed by atoms with Gasteiger partial charge in [-0.1, -0.05) is 40.2 Å². The predicted octanol–water partition coefficient (Wildman–Crippen LogP) is 3.20. The molecule has 0 aliphatic rings. The molecule has 11 heavy (non-hydrogen) atoms. The van der Waals surface area contributed by atoms with Crippen LogP contribution >= 0.6 is 15.9 Å². The van der Waals surface area contributed by atoms with Gasteiger partial charge in [-0.3, -0.25) is 0 Å². The lowest BCUT2D eigenvalue weighted by atomic mass is 10.1. The van der Waals surface area contributed by atoms with Crippen LogP contribution in [0.15, 0.2) is 24.3 Å². The Morgan fingerprint density at radius 2 is 1.91 bits per heavy atom. The molecule has 0 heterocycles. The van der Waals surface area contributed by atoms with Gasteiger partial charge in [0.25, 0.3) is 0 Å². The highest BCUT2D eigenvalue weighted by Crippen LogP contribution is 2.04. The number of alkyl halides is 1. The second kappa shape index (κ2) is 5.36. The van der Waals surface area contributed by atoms with Crippen LogP contribution in [-0.4, -0.2) is 5.33 Å². The lowest BCUT2D eigenvalue weighted by Crippen LogP contribution is -1.84. The molecule has 0 fully saturated rings. The Balaban J connectivity index is 2.28. The Morgan fingerprint density at radius 1 is 1.18 bits per heavy atom. The van der Waals surface area contributed by atoms with E-state index in [1.165, 1.54) is 24.8 Å². The van der Waals surface area contributed by atoms with Gasteiger partial charge in [-0.2, -0.15) is 0 Å². The lowest BCUT2D eigenvalue weighted by Gasteiger charge is -1.97. The molecule has 1 radical (unpaired) electrons. The van der Waals surface area contributed by atoms with E-state index in [4.69, 9.17) is 0 Å². The van der Waals surface area contributed by atoms with Crippen LogP contribution in [0.2, 0.25) is 0 Å². The topological polar surface area (TPSA) is 0 Å². The smallest absolute Gasteiger partial charge is 0.00314 e. The minimum Gasteiger partial charge on any atom is -0.0928 e. The molecule has 0 aliphatic heterocycles. The summed E-state index contributed by atoms with van der Waals surface area (Å²) in [4.78, 5) is 0. The number of unbranched alkanes of at least 4 members (excludes halogenated alkanes) is 1. The quantitative estimate of drug-likeness (QED) is 0.531. The molecule has 0 unspecified atom stereocenters. The maximum atomic E-state index is 3.42. The molecule has 0 saturated heterocycles. The van der Waals surface area contributed by atoms with Crippen LogP contribution in [0, 0.1) is 6.07 Å². The first-order valence-corrected chi connectivity index (χ1v) is 5.06. The minimum absolute atomic E-state index is 1.12. The zero-order valence-corrected chi connectivity index (χ0v) is 8.10. The van der Waals surface area contributed by atoms with Gasteiger partial charge in [0, 0.05) is 5.33 Å². The molecular formula is C10H12Br. The summed E-state index contributed by atoms with van der Waals surface area (Å²) in [7, 11) is 0. The summed E-state index contributed by atoms with van der Waals surface area (Å²) in [5.74, 6) is 0. The molecule has 0 N–H and O–H groups in total. The zero-order valence-electron chi connectivity index (χ0n) is 6.52. The summed E-state index contributed by atoms with van der Waals surface area (Å²) in [5, 5.41) is 1.12. The molecule has 0 spiro atoms. The van der Waals surface area contributed by atoms with Crippen molar-refractivity contribution in [3.63, 3.8) is 0 Å². The predicted molar refractivity (Wildman–Crippen MR) is 52.0 cm³/mol. The van der Waals surface area contributed by atoms with Gasteiger partial charge < -0.3 is 0 Å². The van der Waals surface area contributed by atoms with Gasteiger partial charge in [0.15, 0.2) is 0 Å². The van der Waals surface area contributed by atoms with Crippen LogP contribution in [0.3, 0.4) is 0 Å². The van der Waals surface area contributed by atoms with Gasteiger partial charge in [0.2, 0.25) is 0 Å². The van der Waals surface area contributed by atoms with Crippen molar-refractivity contribution in [2.24, 2.45) is 0 Å². The van der Waals surface area contributed by atoms with Crippen LogP contribution in [0.25, 0.3) is 0 Å². The van der Waals surface area contributed by atoms with E-state index in [2.05, 4.69) is 34.1 Å². The third-order valence-corrected chi connectivity index (χ3v) is 2.20. The maximum absolute atomic E-state index is 3.42. The Morgan fingerprint density at radius 3 is 2.55 bits per heavy atom. The number of rotatable bonds is 4. The van der Waals surface area contributed by atoms with E-state index in [-0.39, 0.29) is 0 Å². The summed E-state index contributed by atoms with van der Waals surface area (Å²) in [6, 6.07) is 11.2. The number of hydrogen-bond donors (Lipinski definition) is 0. The standard InChI is InChI=1S/C10H12Br/c11-9-5-4-8-10-6-2-1-3-7-10/h2-3,6-7H,4-5,8-9H2. The van der Waals surface area contributed by atoms with Gasteiger partial charge in [-0.05, 0) is 30.9 Å². The second-order valence-electron chi connectivity index (χ2n) is 2.55. The van der Waals surface area contributed by atoms with E-state index in [1.807, 2.05) is 12.1 Å². The molecule has 0 bridgehead atoms. The number of aryl methyl sites for hydroxylation is 1. The first-order valence-electron chi connectivity index (χ1n) is 3.94. The largest absolute Gasteiger partial charge is 0.0928 e. The van der Waals surface area contributed by atoms with E-state index in [9.17, 15) is 0 Å². The molecule has 1 rings (SSSR count). The van der Waals surface area contributed by atoms with Crippen molar-refractivity contribution in [1.29, 1.82) is 0 Å². The van der Waals surface area contributed by atoms with E-state index in [1.54, 1.807) is 0 Å². The van der Waals surface area contributed by atoms with Crippen molar-refractivity contribution < 1.29 is 0 Å². The third-order valence-electron chi connectivity index (χ3n) is 1.64. The number of halogens is 1. The van der Waals surface area contributed by atoms with Gasteiger partial charge in [0.05, 0.1) is 0 Å². The Kier molecular flexibility index (Phi) is 4.29. The van der Waals surface area contributed by atoms with E-state index in [0.29, 0.717) is 0 Å². The van der Waals surface area contributed by atoms with Crippen molar-refractivity contribution >= 4 is 15.9 Å². The fraction of sp³-hybridized carbons (Fsp3) is 0.400. The summed E-state index contributed by atoms with van der Waals surface area (Å²) in [6.45, 7) is 0. The van der Waals surface area contributed by atoms with Gasteiger partial charge in [-0.25, -0.2) is 0 Å². The monoisotopic (exact) mass is 211 g/mol. The van der Waals surface area contributed by atoms with E-state index < -0.39 is 0 Å². The molecule has 0 aliphatic carbocycles. The second-order valence-corrected chi connectivity index (χ2v) is 3.35. The number of hydrogen-bond acceptors (Lipinski definition) is 0. The van der Waals surface area contributed by atoms with Gasteiger partial charge in [-0.15, -0.1) is 0 Å². The molecule has 0 atom stereocenters. The Labute approximate surface area is 76.8 Å². The summed E-state index contributed by atoms with van der Waals surface area (Å²) in [6.07, 6.45) is 3.73. The van der Waals surface area contributed by atoms with Crippen LogP contribution in [0.1, 0.15) is 18.4 Å². The van der Waals surface area contributed by atoms with Crippen molar-refractivity contribution in [3.8, 4) is 0 Å².